The standard InChI is InChI=1S/C14H20N2O4/c1-16(2)9-12(17)7-8-13(18)15-11-5-3-10(4-6-11)14(19)20/h3-6,12,17H,7-9H2,1-2H3,(H,15,18)(H,19,20). The number of rotatable bonds is 7. The second-order valence-electron chi connectivity index (χ2n) is 4.89. The van der Waals surface area contributed by atoms with Crippen molar-refractivity contribution in [2.75, 3.05) is 26.0 Å². The van der Waals surface area contributed by atoms with Gasteiger partial charge in [0.1, 0.15) is 0 Å². The molecule has 6 heteroatoms. The topological polar surface area (TPSA) is 89.9 Å². The molecule has 0 aliphatic rings. The molecule has 1 rings (SSSR count). The first-order chi connectivity index (χ1) is 9.38. The molecule has 0 aliphatic carbocycles. The number of aliphatic hydroxyl groups excluding tert-OH is 1. The molecule has 6 nitrogen and oxygen atoms in total. The lowest BCUT2D eigenvalue weighted by atomic mass is 10.1. The van der Waals surface area contributed by atoms with Gasteiger partial charge in [-0.15, -0.1) is 0 Å². The summed E-state index contributed by atoms with van der Waals surface area (Å²) in [6, 6.07) is 5.94. The second-order valence-corrected chi connectivity index (χ2v) is 4.89. The molecule has 0 bridgehead atoms. The van der Waals surface area contributed by atoms with Crippen molar-refractivity contribution in [2.24, 2.45) is 0 Å². The number of carbonyl (C=O) groups is 2. The normalized spacial score (nSPS) is 12.2. The minimum Gasteiger partial charge on any atom is -0.478 e. The smallest absolute Gasteiger partial charge is 0.335 e. The Bertz CT molecular complexity index is 457. The number of hydrogen-bond donors (Lipinski definition) is 3. The van der Waals surface area contributed by atoms with Crippen LogP contribution in [0.5, 0.6) is 0 Å². The fourth-order valence-electron chi connectivity index (χ4n) is 1.73. The summed E-state index contributed by atoms with van der Waals surface area (Å²) in [5.74, 6) is -1.21. The van der Waals surface area contributed by atoms with E-state index in [1.54, 1.807) is 0 Å². The highest BCUT2D eigenvalue weighted by Crippen LogP contribution is 2.10. The summed E-state index contributed by atoms with van der Waals surface area (Å²) >= 11 is 0. The van der Waals surface area contributed by atoms with Crippen LogP contribution in [0.2, 0.25) is 0 Å². The van der Waals surface area contributed by atoms with Gasteiger partial charge in [0.25, 0.3) is 0 Å². The number of benzene rings is 1. The van der Waals surface area contributed by atoms with Crippen LogP contribution in [0.25, 0.3) is 0 Å². The molecule has 0 radical (unpaired) electrons. The lowest BCUT2D eigenvalue weighted by molar-refractivity contribution is -0.116. The van der Waals surface area contributed by atoms with E-state index in [0.29, 0.717) is 18.7 Å². The predicted octanol–water partition coefficient (Wildman–Crippen LogP) is 1.03. The number of likely N-dealkylation sites (N-methyl/N-ethyl adjacent to an activating group) is 1. The molecule has 110 valence electrons. The minimum absolute atomic E-state index is 0.171. The van der Waals surface area contributed by atoms with E-state index in [1.807, 2.05) is 19.0 Å². The zero-order chi connectivity index (χ0) is 15.1. The van der Waals surface area contributed by atoms with Crippen LogP contribution < -0.4 is 5.32 Å². The largest absolute Gasteiger partial charge is 0.478 e. The van der Waals surface area contributed by atoms with Crippen LogP contribution >= 0.6 is 0 Å². The monoisotopic (exact) mass is 280 g/mol. The van der Waals surface area contributed by atoms with E-state index in [-0.39, 0.29) is 17.9 Å². The highest BCUT2D eigenvalue weighted by atomic mass is 16.4. The number of anilines is 1. The molecule has 0 aromatic heterocycles. The van der Waals surface area contributed by atoms with Crippen molar-refractivity contribution < 1.29 is 19.8 Å². The third-order valence-corrected chi connectivity index (χ3v) is 2.70. The molecule has 0 fully saturated rings. The van der Waals surface area contributed by atoms with Gasteiger partial charge in [-0.3, -0.25) is 4.79 Å². The van der Waals surface area contributed by atoms with Gasteiger partial charge in [0, 0.05) is 18.7 Å². The Morgan fingerprint density at radius 2 is 1.85 bits per heavy atom. The van der Waals surface area contributed by atoms with Crippen LogP contribution in [-0.4, -0.2) is 53.7 Å². The molecule has 1 unspecified atom stereocenters. The average Bonchev–Trinajstić information content (AvgIpc) is 2.36. The van der Waals surface area contributed by atoms with E-state index in [1.165, 1.54) is 24.3 Å². The van der Waals surface area contributed by atoms with Gasteiger partial charge in [0.2, 0.25) is 5.91 Å². The lowest BCUT2D eigenvalue weighted by Crippen LogP contribution is -2.27. The van der Waals surface area contributed by atoms with Crippen LogP contribution in [0.3, 0.4) is 0 Å². The number of hydrogen-bond acceptors (Lipinski definition) is 4. The van der Waals surface area contributed by atoms with Gasteiger partial charge < -0.3 is 20.4 Å². The molecule has 0 spiro atoms. The van der Waals surface area contributed by atoms with Crippen molar-refractivity contribution in [1.82, 2.24) is 4.90 Å². The first-order valence-electron chi connectivity index (χ1n) is 6.34. The number of aliphatic hydroxyl groups is 1. The Labute approximate surface area is 118 Å². The van der Waals surface area contributed by atoms with Crippen LogP contribution in [0.4, 0.5) is 5.69 Å². The lowest BCUT2D eigenvalue weighted by Gasteiger charge is -2.15. The quantitative estimate of drug-likeness (QED) is 0.694. The highest BCUT2D eigenvalue weighted by Gasteiger charge is 2.10. The number of nitrogens with one attached hydrogen (secondary N) is 1. The molecular formula is C14H20N2O4. The van der Waals surface area contributed by atoms with Crippen molar-refractivity contribution in [3.8, 4) is 0 Å². The van der Waals surface area contributed by atoms with Crippen molar-refractivity contribution in [3.05, 3.63) is 29.8 Å². The summed E-state index contributed by atoms with van der Waals surface area (Å²) in [6.45, 7) is 0.514. The maximum Gasteiger partial charge on any atom is 0.335 e. The molecule has 1 atom stereocenters. The third kappa shape index (κ3) is 5.81. The van der Waals surface area contributed by atoms with Crippen molar-refractivity contribution in [2.45, 2.75) is 18.9 Å². The Morgan fingerprint density at radius 1 is 1.25 bits per heavy atom. The molecule has 0 aliphatic heterocycles. The van der Waals surface area contributed by atoms with Gasteiger partial charge in [0.15, 0.2) is 0 Å². The maximum atomic E-state index is 11.7. The number of carboxylic acids is 1. The molecule has 20 heavy (non-hydrogen) atoms. The van der Waals surface area contributed by atoms with Gasteiger partial charge in [-0.05, 0) is 44.8 Å². The Balaban J connectivity index is 2.40. The number of carbonyl (C=O) groups excluding carboxylic acids is 1. The average molecular weight is 280 g/mol. The maximum absolute atomic E-state index is 11.7. The van der Waals surface area contributed by atoms with E-state index >= 15 is 0 Å². The first-order valence-corrected chi connectivity index (χ1v) is 6.34. The second kappa shape index (κ2) is 7.62. The molecule has 0 heterocycles. The zero-order valence-corrected chi connectivity index (χ0v) is 11.7. The fourth-order valence-corrected chi connectivity index (χ4v) is 1.73. The van der Waals surface area contributed by atoms with Gasteiger partial charge in [-0.1, -0.05) is 0 Å². The first kappa shape index (κ1) is 16.1. The molecule has 0 saturated carbocycles. The summed E-state index contributed by atoms with van der Waals surface area (Å²) in [5.41, 5.74) is 0.714. The minimum atomic E-state index is -1.00. The molecular weight excluding hydrogens is 260 g/mol. The number of aromatic carboxylic acids is 1. The van der Waals surface area contributed by atoms with E-state index in [2.05, 4.69) is 5.32 Å². The Morgan fingerprint density at radius 3 is 2.35 bits per heavy atom. The Hall–Kier alpha value is -1.92. The van der Waals surface area contributed by atoms with E-state index in [4.69, 9.17) is 5.11 Å². The molecule has 3 N–H and O–H groups in total. The van der Waals surface area contributed by atoms with Crippen LogP contribution in [0.1, 0.15) is 23.2 Å². The summed E-state index contributed by atoms with van der Waals surface area (Å²) in [4.78, 5) is 24.2. The summed E-state index contributed by atoms with van der Waals surface area (Å²) in [7, 11) is 3.71. The van der Waals surface area contributed by atoms with Crippen molar-refractivity contribution in [1.29, 1.82) is 0 Å². The molecule has 1 amide bonds. The fraction of sp³-hybridized carbons (Fsp3) is 0.429. The van der Waals surface area contributed by atoms with Crippen LogP contribution in [0.15, 0.2) is 24.3 Å². The van der Waals surface area contributed by atoms with Crippen LogP contribution in [0, 0.1) is 0 Å². The Kier molecular flexibility index (Phi) is 6.14. The van der Waals surface area contributed by atoms with Gasteiger partial charge in [-0.2, -0.15) is 0 Å². The number of nitrogens with zero attached hydrogens (tertiary/aromatic N) is 1. The summed E-state index contributed by atoms with van der Waals surface area (Å²) < 4.78 is 0. The zero-order valence-electron chi connectivity index (χ0n) is 11.7. The summed E-state index contributed by atoms with van der Waals surface area (Å²) in [6.07, 6.45) is 0.0672. The van der Waals surface area contributed by atoms with E-state index < -0.39 is 12.1 Å². The van der Waals surface area contributed by atoms with Gasteiger partial charge in [-0.25, -0.2) is 4.79 Å². The number of amides is 1. The van der Waals surface area contributed by atoms with E-state index in [9.17, 15) is 14.7 Å². The van der Waals surface area contributed by atoms with E-state index in [0.717, 1.165) is 0 Å². The van der Waals surface area contributed by atoms with Crippen molar-refractivity contribution in [3.63, 3.8) is 0 Å². The highest BCUT2D eigenvalue weighted by molar-refractivity contribution is 5.92. The van der Waals surface area contributed by atoms with Crippen molar-refractivity contribution >= 4 is 17.6 Å². The van der Waals surface area contributed by atoms with Crippen LogP contribution in [-0.2, 0) is 4.79 Å². The van der Waals surface area contributed by atoms with Gasteiger partial charge in [0.05, 0.1) is 11.7 Å². The molecule has 0 saturated heterocycles. The molecule has 1 aromatic rings. The summed E-state index contributed by atoms with van der Waals surface area (Å²) in [5, 5.41) is 21.1. The SMILES string of the molecule is CN(C)CC(O)CCC(=O)Nc1ccc(C(=O)O)cc1. The molecule has 1 aromatic carbocycles. The third-order valence-electron chi connectivity index (χ3n) is 2.70. The van der Waals surface area contributed by atoms with Gasteiger partial charge >= 0.3 is 5.97 Å². The predicted molar refractivity (Wildman–Crippen MR) is 75.8 cm³/mol. The number of carboxylic acid groups (broad SMARTS) is 1.